The fourth-order valence-corrected chi connectivity index (χ4v) is 2.88. The topological polar surface area (TPSA) is 113 Å². The van der Waals surface area contributed by atoms with Crippen molar-refractivity contribution in [3.8, 4) is 23.0 Å². The second-order valence-electron chi connectivity index (χ2n) is 5.79. The quantitative estimate of drug-likeness (QED) is 0.492. The highest BCUT2D eigenvalue weighted by molar-refractivity contribution is 5.88. The van der Waals surface area contributed by atoms with Crippen molar-refractivity contribution in [2.75, 3.05) is 28.4 Å². The number of nitrogens with zero attached hydrogens (tertiary/aromatic N) is 2. The second kappa shape index (κ2) is 9.98. The van der Waals surface area contributed by atoms with Crippen molar-refractivity contribution >= 4 is 10.8 Å². The molecule has 1 heterocycles. The van der Waals surface area contributed by atoms with Gasteiger partial charge in [0.25, 0.3) is 5.09 Å². The minimum atomic E-state index is -1.50. The SMILES string of the molecule is COc1ccc(Cc2nccc3cc(OC)c(OC)cc23)cc1OC.O=[N+]([O-])O. The summed E-state index contributed by atoms with van der Waals surface area (Å²) in [6.45, 7) is 0. The van der Waals surface area contributed by atoms with Crippen LogP contribution in [0.3, 0.4) is 0 Å². The molecule has 2 aromatic carbocycles. The highest BCUT2D eigenvalue weighted by Gasteiger charge is 2.11. The number of fused-ring (bicyclic) bond motifs is 1. The van der Waals surface area contributed by atoms with E-state index < -0.39 is 5.09 Å². The Bertz CT molecular complexity index is 988. The molecule has 0 aliphatic carbocycles. The molecule has 0 radical (unpaired) electrons. The average molecular weight is 402 g/mol. The van der Waals surface area contributed by atoms with Crippen molar-refractivity contribution in [1.29, 1.82) is 0 Å². The normalized spacial score (nSPS) is 9.93. The molecular formula is C20H22N2O7. The number of hydrogen-bond acceptors (Lipinski definition) is 7. The lowest BCUT2D eigenvalue weighted by Gasteiger charge is -2.12. The van der Waals surface area contributed by atoms with Crippen molar-refractivity contribution in [2.45, 2.75) is 6.42 Å². The van der Waals surface area contributed by atoms with Gasteiger partial charge < -0.3 is 24.2 Å². The fourth-order valence-electron chi connectivity index (χ4n) is 2.88. The van der Waals surface area contributed by atoms with Crippen molar-refractivity contribution in [2.24, 2.45) is 0 Å². The van der Waals surface area contributed by atoms with Crippen LogP contribution in [0.25, 0.3) is 10.8 Å². The van der Waals surface area contributed by atoms with Gasteiger partial charge in [-0.25, -0.2) is 0 Å². The zero-order chi connectivity index (χ0) is 21.4. The van der Waals surface area contributed by atoms with Crippen LogP contribution in [0.2, 0.25) is 0 Å². The zero-order valence-electron chi connectivity index (χ0n) is 16.5. The molecule has 0 fully saturated rings. The molecule has 9 nitrogen and oxygen atoms in total. The molecule has 3 aromatic rings. The third-order valence-electron chi connectivity index (χ3n) is 4.17. The molecule has 0 atom stereocenters. The molecule has 0 unspecified atom stereocenters. The van der Waals surface area contributed by atoms with E-state index in [1.807, 2.05) is 42.6 Å². The fraction of sp³-hybridized carbons (Fsp3) is 0.250. The van der Waals surface area contributed by atoms with Crippen LogP contribution in [-0.4, -0.2) is 43.7 Å². The lowest BCUT2D eigenvalue weighted by molar-refractivity contribution is -0.742. The first-order chi connectivity index (χ1) is 13.9. The van der Waals surface area contributed by atoms with Crippen molar-refractivity contribution in [3.05, 3.63) is 64.0 Å². The summed E-state index contributed by atoms with van der Waals surface area (Å²) in [6.07, 6.45) is 2.48. The van der Waals surface area contributed by atoms with Gasteiger partial charge >= 0.3 is 0 Å². The predicted octanol–water partition coefficient (Wildman–Crippen LogP) is 3.51. The number of ether oxygens (including phenoxy) is 4. The first kappa shape index (κ1) is 21.5. The van der Waals surface area contributed by atoms with Crippen LogP contribution in [0.4, 0.5) is 0 Å². The Morgan fingerprint density at radius 1 is 0.897 bits per heavy atom. The average Bonchev–Trinajstić information content (AvgIpc) is 2.72. The van der Waals surface area contributed by atoms with Gasteiger partial charge in [-0.2, -0.15) is 0 Å². The first-order valence-electron chi connectivity index (χ1n) is 8.47. The van der Waals surface area contributed by atoms with Gasteiger partial charge in [-0.15, -0.1) is 10.1 Å². The Kier molecular flexibility index (Phi) is 7.41. The highest BCUT2D eigenvalue weighted by Crippen LogP contribution is 2.34. The molecule has 0 amide bonds. The molecule has 0 aliphatic rings. The maximum absolute atomic E-state index is 8.36. The predicted molar refractivity (Wildman–Crippen MR) is 106 cm³/mol. The summed E-state index contributed by atoms with van der Waals surface area (Å²) in [6, 6.07) is 11.8. The van der Waals surface area contributed by atoms with Crippen LogP contribution in [0.5, 0.6) is 23.0 Å². The Morgan fingerprint density at radius 3 is 2.03 bits per heavy atom. The zero-order valence-corrected chi connectivity index (χ0v) is 16.5. The van der Waals surface area contributed by atoms with Crippen molar-refractivity contribution in [1.82, 2.24) is 4.98 Å². The lowest BCUT2D eigenvalue weighted by Crippen LogP contribution is -1.97. The number of pyridine rings is 1. The van der Waals surface area contributed by atoms with E-state index in [1.165, 1.54) is 0 Å². The van der Waals surface area contributed by atoms with E-state index >= 15 is 0 Å². The first-order valence-corrected chi connectivity index (χ1v) is 8.47. The van der Waals surface area contributed by atoms with Gasteiger partial charge in [0.1, 0.15) is 0 Å². The van der Waals surface area contributed by atoms with Gasteiger partial charge in [0.05, 0.1) is 34.1 Å². The van der Waals surface area contributed by atoms with Gasteiger partial charge in [0, 0.05) is 18.0 Å². The van der Waals surface area contributed by atoms with Gasteiger partial charge in [-0.05, 0) is 41.3 Å². The molecule has 0 aliphatic heterocycles. The Labute approximate surface area is 167 Å². The van der Waals surface area contributed by atoms with Gasteiger partial charge in [-0.1, -0.05) is 6.07 Å². The summed E-state index contributed by atoms with van der Waals surface area (Å²) < 4.78 is 21.5. The summed E-state index contributed by atoms with van der Waals surface area (Å²) in [4.78, 5) is 12.9. The molecule has 29 heavy (non-hydrogen) atoms. The molecule has 0 bridgehead atoms. The van der Waals surface area contributed by atoms with Gasteiger partial charge in [-0.3, -0.25) is 4.98 Å². The van der Waals surface area contributed by atoms with Gasteiger partial charge in [0.2, 0.25) is 0 Å². The number of aromatic nitrogens is 1. The smallest absolute Gasteiger partial charge is 0.291 e. The summed E-state index contributed by atoms with van der Waals surface area (Å²) >= 11 is 0. The van der Waals surface area contributed by atoms with Crippen LogP contribution in [0.1, 0.15) is 11.3 Å². The molecule has 1 aromatic heterocycles. The van der Waals surface area contributed by atoms with E-state index in [0.717, 1.165) is 22.0 Å². The van der Waals surface area contributed by atoms with E-state index in [-0.39, 0.29) is 0 Å². The number of methoxy groups -OCH3 is 4. The molecule has 154 valence electrons. The number of benzene rings is 2. The maximum Gasteiger partial charge on any atom is 0.291 e. The van der Waals surface area contributed by atoms with Crippen molar-refractivity contribution < 1.29 is 29.2 Å². The van der Waals surface area contributed by atoms with Gasteiger partial charge in [0.15, 0.2) is 23.0 Å². The molecule has 3 rings (SSSR count). The van der Waals surface area contributed by atoms with Crippen LogP contribution in [0.15, 0.2) is 42.6 Å². The van der Waals surface area contributed by atoms with E-state index in [4.69, 9.17) is 34.3 Å². The van der Waals surface area contributed by atoms with Crippen molar-refractivity contribution in [3.63, 3.8) is 0 Å². The third kappa shape index (κ3) is 5.38. The van der Waals surface area contributed by atoms with Crippen LogP contribution < -0.4 is 18.9 Å². The molecule has 1 N–H and O–H groups in total. The van der Waals surface area contributed by atoms with E-state index in [9.17, 15) is 0 Å². The van der Waals surface area contributed by atoms with E-state index in [1.54, 1.807) is 28.4 Å². The third-order valence-corrected chi connectivity index (χ3v) is 4.17. The molecule has 0 saturated heterocycles. The number of rotatable bonds is 6. The standard InChI is InChI=1S/C20H21NO4.HNO3/c1-22-17-6-5-13(10-18(17)23-2)9-16-15-12-20(25-4)19(24-3)11-14(15)7-8-21-16;2-1(3)4/h5-8,10-12H,9H2,1-4H3;(H,2,3,4). The molecular weight excluding hydrogens is 380 g/mol. The summed E-state index contributed by atoms with van der Waals surface area (Å²) in [7, 11) is 6.53. The molecule has 0 spiro atoms. The summed E-state index contributed by atoms with van der Waals surface area (Å²) in [5.74, 6) is 2.82. The highest BCUT2D eigenvalue weighted by atomic mass is 16.9. The van der Waals surface area contributed by atoms with Crippen LogP contribution in [-0.2, 0) is 6.42 Å². The lowest BCUT2D eigenvalue weighted by atomic mass is 10.0. The Balaban J connectivity index is 0.000000687. The largest absolute Gasteiger partial charge is 0.493 e. The minimum absolute atomic E-state index is 0.674. The minimum Gasteiger partial charge on any atom is -0.493 e. The Morgan fingerprint density at radius 2 is 1.45 bits per heavy atom. The van der Waals surface area contributed by atoms with E-state index in [0.29, 0.717) is 29.4 Å². The number of hydrogen-bond donors (Lipinski definition) is 1. The van der Waals surface area contributed by atoms with E-state index in [2.05, 4.69) is 4.98 Å². The van der Waals surface area contributed by atoms with Crippen LogP contribution in [0, 0.1) is 10.1 Å². The Hall–Kier alpha value is -3.75. The molecule has 0 saturated carbocycles. The van der Waals surface area contributed by atoms with Crippen LogP contribution >= 0.6 is 0 Å². The second-order valence-corrected chi connectivity index (χ2v) is 5.79. The summed E-state index contributed by atoms with van der Waals surface area (Å²) in [5, 5.41) is 15.7. The monoisotopic (exact) mass is 402 g/mol. The maximum atomic E-state index is 8.36. The molecule has 9 heteroatoms. The summed E-state index contributed by atoms with van der Waals surface area (Å²) in [5.41, 5.74) is 2.05.